The van der Waals surface area contributed by atoms with Crippen LogP contribution >= 0.6 is 0 Å². The molecule has 0 aromatic carbocycles. The van der Waals surface area contributed by atoms with E-state index in [1.807, 2.05) is 0 Å². The van der Waals surface area contributed by atoms with Gasteiger partial charge < -0.3 is 9.63 Å². The molecule has 5 heteroatoms. The van der Waals surface area contributed by atoms with Crippen molar-refractivity contribution < 1.29 is 9.63 Å². The summed E-state index contributed by atoms with van der Waals surface area (Å²) in [6, 6.07) is 4.51. The number of aromatic nitrogens is 3. The average molecular weight is 204 g/mol. The zero-order chi connectivity index (χ0) is 10.9. The fourth-order valence-corrected chi connectivity index (χ4v) is 1.04. The number of hydrogen-bond donors (Lipinski definition) is 1. The monoisotopic (exact) mass is 204 g/mol. The molecular weight excluding hydrogens is 194 g/mol. The standard InChI is InChI=1S/C10H10N3O2/c1-10(2,14)9-12-8(13-15-9)7-4-3-5-11-6-7/h4-6,14H,1-2H3. The Hall–Kier alpha value is -1.75. The maximum absolute atomic E-state index is 9.63. The molecule has 0 bridgehead atoms. The van der Waals surface area contributed by atoms with Crippen molar-refractivity contribution in [3.05, 3.63) is 30.4 Å². The third-order valence-electron chi connectivity index (χ3n) is 1.81. The minimum atomic E-state index is -1.13. The van der Waals surface area contributed by atoms with Gasteiger partial charge in [0, 0.05) is 24.0 Å². The van der Waals surface area contributed by atoms with E-state index in [1.54, 1.807) is 32.3 Å². The fourth-order valence-electron chi connectivity index (χ4n) is 1.04. The first-order valence-corrected chi connectivity index (χ1v) is 4.45. The summed E-state index contributed by atoms with van der Waals surface area (Å²) in [5.41, 5.74) is -0.422. The van der Waals surface area contributed by atoms with Crippen molar-refractivity contribution >= 4 is 0 Å². The molecule has 0 aliphatic heterocycles. The van der Waals surface area contributed by atoms with Gasteiger partial charge in [-0.25, -0.2) is 0 Å². The Morgan fingerprint density at radius 2 is 2.27 bits per heavy atom. The van der Waals surface area contributed by atoms with Gasteiger partial charge in [-0.3, -0.25) is 4.98 Å². The first-order valence-electron chi connectivity index (χ1n) is 4.45. The number of pyridine rings is 1. The summed E-state index contributed by atoms with van der Waals surface area (Å²) in [5, 5.41) is 13.4. The lowest BCUT2D eigenvalue weighted by atomic mass is 10.1. The lowest BCUT2D eigenvalue weighted by molar-refractivity contribution is 0.0420. The van der Waals surface area contributed by atoms with Crippen molar-refractivity contribution in [2.24, 2.45) is 0 Å². The van der Waals surface area contributed by atoms with Gasteiger partial charge in [0.15, 0.2) is 0 Å². The van der Waals surface area contributed by atoms with Gasteiger partial charge in [0.25, 0.3) is 5.89 Å². The molecular formula is C10H10N3O2. The Labute approximate surface area is 86.8 Å². The van der Waals surface area contributed by atoms with Gasteiger partial charge in [-0.1, -0.05) is 5.16 Å². The van der Waals surface area contributed by atoms with E-state index in [9.17, 15) is 5.11 Å². The zero-order valence-corrected chi connectivity index (χ0v) is 8.43. The molecule has 2 aromatic rings. The molecule has 0 saturated heterocycles. The summed E-state index contributed by atoms with van der Waals surface area (Å²) >= 11 is 0. The largest absolute Gasteiger partial charge is 0.381 e. The van der Waals surface area contributed by atoms with E-state index in [-0.39, 0.29) is 5.89 Å². The highest BCUT2D eigenvalue weighted by Gasteiger charge is 2.24. The SMILES string of the molecule is CC(C)(O)c1nc(-c2c[c]cnc2)no1. The van der Waals surface area contributed by atoms with Crippen LogP contribution in [0.1, 0.15) is 19.7 Å². The molecule has 1 radical (unpaired) electrons. The summed E-state index contributed by atoms with van der Waals surface area (Å²) in [6.45, 7) is 3.17. The highest BCUT2D eigenvalue weighted by atomic mass is 16.5. The number of aliphatic hydroxyl groups is 1. The van der Waals surface area contributed by atoms with Crippen LogP contribution in [0.25, 0.3) is 11.4 Å². The molecule has 0 aliphatic rings. The predicted molar refractivity (Wildman–Crippen MR) is 51.6 cm³/mol. The van der Waals surface area contributed by atoms with Crippen LogP contribution in [0.3, 0.4) is 0 Å². The lowest BCUT2D eigenvalue weighted by Gasteiger charge is -2.09. The van der Waals surface area contributed by atoms with Crippen molar-refractivity contribution in [2.45, 2.75) is 19.4 Å². The molecule has 2 heterocycles. The van der Waals surface area contributed by atoms with E-state index in [1.165, 1.54) is 0 Å². The molecule has 77 valence electrons. The van der Waals surface area contributed by atoms with Gasteiger partial charge in [0.2, 0.25) is 5.82 Å². The van der Waals surface area contributed by atoms with Gasteiger partial charge >= 0.3 is 0 Å². The van der Waals surface area contributed by atoms with Gasteiger partial charge in [0.05, 0.1) is 0 Å². The molecule has 0 fully saturated rings. The predicted octanol–water partition coefficient (Wildman–Crippen LogP) is 1.16. The maximum Gasteiger partial charge on any atom is 0.258 e. The van der Waals surface area contributed by atoms with E-state index in [0.717, 1.165) is 0 Å². The Kier molecular flexibility index (Phi) is 2.24. The van der Waals surface area contributed by atoms with Crippen LogP contribution in [0.5, 0.6) is 0 Å². The van der Waals surface area contributed by atoms with E-state index in [2.05, 4.69) is 21.2 Å². The summed E-state index contributed by atoms with van der Waals surface area (Å²) < 4.78 is 4.93. The second kappa shape index (κ2) is 3.43. The van der Waals surface area contributed by atoms with Crippen molar-refractivity contribution in [1.29, 1.82) is 0 Å². The molecule has 1 N–H and O–H groups in total. The molecule has 2 aromatic heterocycles. The highest BCUT2D eigenvalue weighted by Crippen LogP contribution is 2.20. The van der Waals surface area contributed by atoms with Crippen molar-refractivity contribution in [1.82, 2.24) is 15.1 Å². The van der Waals surface area contributed by atoms with Crippen LogP contribution in [-0.4, -0.2) is 20.2 Å². The highest BCUT2D eigenvalue weighted by molar-refractivity contribution is 5.51. The van der Waals surface area contributed by atoms with E-state index in [4.69, 9.17) is 4.52 Å². The van der Waals surface area contributed by atoms with Gasteiger partial charge in [0.1, 0.15) is 5.60 Å². The van der Waals surface area contributed by atoms with Crippen LogP contribution in [0.4, 0.5) is 0 Å². The van der Waals surface area contributed by atoms with E-state index < -0.39 is 5.60 Å². The maximum atomic E-state index is 9.63. The minimum Gasteiger partial charge on any atom is -0.381 e. The third kappa shape index (κ3) is 2.02. The first-order chi connectivity index (χ1) is 7.07. The topological polar surface area (TPSA) is 72.0 Å². The second-order valence-corrected chi connectivity index (χ2v) is 3.66. The zero-order valence-electron chi connectivity index (χ0n) is 8.43. The van der Waals surface area contributed by atoms with Gasteiger partial charge in [-0.15, -0.1) is 0 Å². The summed E-state index contributed by atoms with van der Waals surface area (Å²) in [4.78, 5) is 7.96. The Balaban J connectivity index is 2.37. The molecule has 0 atom stereocenters. The molecule has 15 heavy (non-hydrogen) atoms. The quantitative estimate of drug-likeness (QED) is 0.794. The molecule has 5 nitrogen and oxygen atoms in total. The van der Waals surface area contributed by atoms with Crippen LogP contribution in [0, 0.1) is 6.07 Å². The third-order valence-corrected chi connectivity index (χ3v) is 1.81. The normalized spacial score (nSPS) is 11.7. The first kappa shape index (κ1) is 9.79. The number of rotatable bonds is 2. The van der Waals surface area contributed by atoms with Crippen LogP contribution < -0.4 is 0 Å². The Morgan fingerprint density at radius 3 is 2.80 bits per heavy atom. The smallest absolute Gasteiger partial charge is 0.258 e. The number of nitrogens with zero attached hydrogens (tertiary/aromatic N) is 3. The van der Waals surface area contributed by atoms with Gasteiger partial charge in [-0.2, -0.15) is 4.98 Å². The van der Waals surface area contributed by atoms with Crippen LogP contribution in [0.15, 0.2) is 23.0 Å². The van der Waals surface area contributed by atoms with Crippen molar-refractivity contribution in [2.75, 3.05) is 0 Å². The fraction of sp³-hybridized carbons (Fsp3) is 0.300. The molecule has 0 spiro atoms. The lowest BCUT2D eigenvalue weighted by Crippen LogP contribution is -2.15. The molecule has 0 saturated carbocycles. The minimum absolute atomic E-state index is 0.182. The molecule has 0 aliphatic carbocycles. The summed E-state index contributed by atoms with van der Waals surface area (Å²) in [7, 11) is 0. The molecule has 0 amide bonds. The summed E-state index contributed by atoms with van der Waals surface area (Å²) in [5.74, 6) is 0.581. The van der Waals surface area contributed by atoms with Crippen LogP contribution in [0.2, 0.25) is 0 Å². The second-order valence-electron chi connectivity index (χ2n) is 3.66. The molecule has 0 unspecified atom stereocenters. The van der Waals surface area contributed by atoms with Crippen LogP contribution in [-0.2, 0) is 5.60 Å². The van der Waals surface area contributed by atoms with Crippen molar-refractivity contribution in [3.8, 4) is 11.4 Å². The molecule has 2 rings (SSSR count). The van der Waals surface area contributed by atoms with Gasteiger partial charge in [-0.05, 0) is 19.9 Å². The Bertz CT molecular complexity index is 445. The van der Waals surface area contributed by atoms with E-state index in [0.29, 0.717) is 11.4 Å². The summed E-state index contributed by atoms with van der Waals surface area (Å²) in [6.07, 6.45) is 3.15. The number of hydrogen-bond acceptors (Lipinski definition) is 5. The Morgan fingerprint density at radius 1 is 1.47 bits per heavy atom. The average Bonchev–Trinajstić information content (AvgIpc) is 2.67. The van der Waals surface area contributed by atoms with E-state index >= 15 is 0 Å². The van der Waals surface area contributed by atoms with Crippen molar-refractivity contribution in [3.63, 3.8) is 0 Å².